The summed E-state index contributed by atoms with van der Waals surface area (Å²) in [6.45, 7) is 2.56. The Morgan fingerprint density at radius 2 is 2.07 bits per heavy atom. The van der Waals surface area contributed by atoms with E-state index in [1.54, 1.807) is 7.11 Å². The summed E-state index contributed by atoms with van der Waals surface area (Å²) in [5, 5.41) is 7.45. The molecule has 1 aromatic carbocycles. The highest BCUT2D eigenvalue weighted by Crippen LogP contribution is 2.39. The number of carbonyl (C=O) groups is 1. The lowest BCUT2D eigenvalue weighted by Gasteiger charge is -2.37. The van der Waals surface area contributed by atoms with Gasteiger partial charge in [-0.3, -0.25) is 4.79 Å². The highest BCUT2D eigenvalue weighted by Gasteiger charge is 2.44. The molecule has 0 saturated carbocycles. The Bertz CT molecular complexity index is 738. The van der Waals surface area contributed by atoms with Crippen LogP contribution in [0.4, 0.5) is 0 Å². The van der Waals surface area contributed by atoms with Gasteiger partial charge in [-0.05, 0) is 37.8 Å². The van der Waals surface area contributed by atoms with Gasteiger partial charge < -0.3 is 24.4 Å². The van der Waals surface area contributed by atoms with Crippen LogP contribution in [0.3, 0.4) is 0 Å². The van der Waals surface area contributed by atoms with Crippen LogP contribution in [0.15, 0.2) is 29.4 Å². The molecule has 1 amide bonds. The summed E-state index contributed by atoms with van der Waals surface area (Å²) < 4.78 is 16.6. The van der Waals surface area contributed by atoms with Gasteiger partial charge in [-0.1, -0.05) is 17.3 Å². The van der Waals surface area contributed by atoms with Crippen LogP contribution in [0.5, 0.6) is 5.75 Å². The maximum Gasteiger partial charge on any atom is 0.226 e. The lowest BCUT2D eigenvalue weighted by molar-refractivity contribution is -0.140. The molecule has 2 unspecified atom stereocenters. The van der Waals surface area contributed by atoms with Crippen LogP contribution in [0, 0.1) is 5.41 Å². The van der Waals surface area contributed by atoms with Gasteiger partial charge in [0.1, 0.15) is 11.9 Å². The quantitative estimate of drug-likeness (QED) is 0.759. The van der Waals surface area contributed by atoms with Gasteiger partial charge in [-0.2, -0.15) is 0 Å². The number of nitrogens with one attached hydrogen (secondary N) is 1. The number of amides is 1. The summed E-state index contributed by atoms with van der Waals surface area (Å²) in [5.41, 5.74) is 1.34. The van der Waals surface area contributed by atoms with Crippen molar-refractivity contribution >= 4 is 11.6 Å². The molecule has 2 saturated heterocycles. The first-order chi connectivity index (χ1) is 14.2. The van der Waals surface area contributed by atoms with Gasteiger partial charge in [0.25, 0.3) is 0 Å². The second kappa shape index (κ2) is 9.13. The zero-order valence-corrected chi connectivity index (χ0v) is 17.0. The molecular formula is C22H30N2O5. The first-order valence-electron chi connectivity index (χ1n) is 10.5. The first kappa shape index (κ1) is 20.2. The van der Waals surface area contributed by atoms with Gasteiger partial charge >= 0.3 is 0 Å². The molecule has 7 heteroatoms. The smallest absolute Gasteiger partial charge is 0.226 e. The molecule has 0 aliphatic carbocycles. The van der Waals surface area contributed by atoms with Gasteiger partial charge in [0.2, 0.25) is 5.91 Å². The van der Waals surface area contributed by atoms with Crippen molar-refractivity contribution in [1.82, 2.24) is 5.32 Å². The fraction of sp³-hybridized carbons (Fsp3) is 0.636. The lowest BCUT2D eigenvalue weighted by atomic mass is 9.74. The Kier molecular flexibility index (Phi) is 6.35. The number of hydrogen-bond acceptors (Lipinski definition) is 6. The number of ether oxygens (including phenoxy) is 3. The second-order valence-electron chi connectivity index (χ2n) is 8.11. The molecule has 2 fully saturated rings. The molecule has 4 rings (SSSR count). The van der Waals surface area contributed by atoms with Crippen molar-refractivity contribution in [3.8, 4) is 5.75 Å². The van der Waals surface area contributed by atoms with Gasteiger partial charge in [-0.25, -0.2) is 0 Å². The summed E-state index contributed by atoms with van der Waals surface area (Å²) in [4.78, 5) is 18.9. The number of para-hydroxylation sites is 1. The topological polar surface area (TPSA) is 78.4 Å². The fourth-order valence-electron chi connectivity index (χ4n) is 4.50. The standard InChI is InChI=1S/C22H30N2O5/c1-26-20-7-3-2-6-18(20)19-13-17(29-24-19)14-22(8-11-27-12-9-22)21(25)23-15-16-5-4-10-28-16/h2-3,6-7,16-17H,4-5,8-15H2,1H3,(H,23,25). The van der Waals surface area contributed by atoms with E-state index in [1.165, 1.54) is 0 Å². The molecule has 1 aromatic rings. The Morgan fingerprint density at radius 3 is 2.83 bits per heavy atom. The third-order valence-corrected chi connectivity index (χ3v) is 6.22. The average Bonchev–Trinajstić information content (AvgIpc) is 3.45. The molecule has 29 heavy (non-hydrogen) atoms. The van der Waals surface area contributed by atoms with E-state index >= 15 is 0 Å². The predicted molar refractivity (Wildman–Crippen MR) is 108 cm³/mol. The van der Waals surface area contributed by atoms with E-state index in [0.29, 0.717) is 45.4 Å². The molecule has 3 aliphatic heterocycles. The maximum atomic E-state index is 13.2. The molecule has 7 nitrogen and oxygen atoms in total. The number of carbonyl (C=O) groups excluding carboxylic acids is 1. The van der Waals surface area contributed by atoms with Crippen molar-refractivity contribution in [2.75, 3.05) is 33.5 Å². The zero-order valence-electron chi connectivity index (χ0n) is 17.0. The zero-order chi connectivity index (χ0) is 20.1. The summed E-state index contributed by atoms with van der Waals surface area (Å²) in [6.07, 6.45) is 4.80. The van der Waals surface area contributed by atoms with Crippen LogP contribution in [-0.2, 0) is 19.1 Å². The normalized spacial score (nSPS) is 25.9. The third-order valence-electron chi connectivity index (χ3n) is 6.22. The number of rotatable bonds is 7. The Hall–Kier alpha value is -2.12. The van der Waals surface area contributed by atoms with Crippen LogP contribution in [-0.4, -0.2) is 57.3 Å². The van der Waals surface area contributed by atoms with Gasteiger partial charge in [-0.15, -0.1) is 0 Å². The number of oxime groups is 1. The minimum Gasteiger partial charge on any atom is -0.496 e. The van der Waals surface area contributed by atoms with Crippen molar-refractivity contribution in [3.63, 3.8) is 0 Å². The fourth-order valence-corrected chi connectivity index (χ4v) is 4.50. The first-order valence-corrected chi connectivity index (χ1v) is 10.5. The Labute approximate surface area is 171 Å². The molecule has 0 bridgehead atoms. The molecule has 3 heterocycles. The Morgan fingerprint density at radius 1 is 1.24 bits per heavy atom. The third kappa shape index (κ3) is 4.56. The van der Waals surface area contributed by atoms with Crippen LogP contribution >= 0.6 is 0 Å². The van der Waals surface area contributed by atoms with Crippen molar-refractivity contribution in [2.24, 2.45) is 10.6 Å². The maximum absolute atomic E-state index is 13.2. The van der Waals surface area contributed by atoms with E-state index in [9.17, 15) is 4.79 Å². The summed E-state index contributed by atoms with van der Waals surface area (Å²) in [5.74, 6) is 0.872. The SMILES string of the molecule is COc1ccccc1C1=NOC(CC2(C(=O)NCC3CCCO3)CCOCC2)C1. The van der Waals surface area contributed by atoms with Gasteiger partial charge in [0, 0.05) is 44.8 Å². The molecule has 0 radical (unpaired) electrons. The van der Waals surface area contributed by atoms with E-state index in [0.717, 1.165) is 36.5 Å². The van der Waals surface area contributed by atoms with Gasteiger partial charge in [0.15, 0.2) is 0 Å². The van der Waals surface area contributed by atoms with E-state index in [4.69, 9.17) is 19.0 Å². The Balaban J connectivity index is 1.40. The average molecular weight is 402 g/mol. The van der Waals surface area contributed by atoms with Crippen LogP contribution in [0.2, 0.25) is 0 Å². The second-order valence-corrected chi connectivity index (χ2v) is 8.11. The number of hydrogen-bond donors (Lipinski definition) is 1. The highest BCUT2D eigenvalue weighted by atomic mass is 16.6. The summed E-state index contributed by atoms with van der Waals surface area (Å²) in [7, 11) is 1.65. The van der Waals surface area contributed by atoms with E-state index in [1.807, 2.05) is 24.3 Å². The number of methoxy groups -OCH3 is 1. The van der Waals surface area contributed by atoms with Crippen molar-refractivity contribution in [1.29, 1.82) is 0 Å². The largest absolute Gasteiger partial charge is 0.496 e. The van der Waals surface area contributed by atoms with Gasteiger partial charge in [0.05, 0.1) is 24.3 Å². The monoisotopic (exact) mass is 402 g/mol. The van der Waals surface area contributed by atoms with E-state index in [-0.39, 0.29) is 18.1 Å². The molecule has 2 atom stereocenters. The predicted octanol–water partition coefficient (Wildman–Crippen LogP) is 2.67. The molecule has 0 spiro atoms. The minimum absolute atomic E-state index is 0.0886. The highest BCUT2D eigenvalue weighted by molar-refractivity contribution is 6.03. The summed E-state index contributed by atoms with van der Waals surface area (Å²) in [6, 6.07) is 7.81. The van der Waals surface area contributed by atoms with E-state index in [2.05, 4.69) is 10.5 Å². The van der Waals surface area contributed by atoms with Crippen LogP contribution < -0.4 is 10.1 Å². The molecule has 1 N–H and O–H groups in total. The van der Waals surface area contributed by atoms with Crippen molar-refractivity contribution in [2.45, 2.75) is 50.7 Å². The van der Waals surface area contributed by atoms with Crippen molar-refractivity contribution < 1.29 is 23.8 Å². The molecule has 3 aliphatic rings. The molecule has 0 aromatic heterocycles. The minimum atomic E-state index is -0.479. The van der Waals surface area contributed by atoms with Crippen LogP contribution in [0.25, 0.3) is 0 Å². The summed E-state index contributed by atoms with van der Waals surface area (Å²) >= 11 is 0. The van der Waals surface area contributed by atoms with Crippen molar-refractivity contribution in [3.05, 3.63) is 29.8 Å². The van der Waals surface area contributed by atoms with Crippen LogP contribution in [0.1, 0.15) is 44.1 Å². The number of benzene rings is 1. The molecule has 158 valence electrons. The number of nitrogens with zero attached hydrogens (tertiary/aromatic N) is 1. The lowest BCUT2D eigenvalue weighted by Crippen LogP contribution is -2.48. The van der Waals surface area contributed by atoms with E-state index < -0.39 is 5.41 Å². The molecular weight excluding hydrogens is 372 g/mol.